The second-order valence-corrected chi connectivity index (χ2v) is 6.26. The quantitative estimate of drug-likeness (QED) is 0.174. The van der Waals surface area contributed by atoms with Crippen molar-refractivity contribution in [3.63, 3.8) is 0 Å². The molecule has 0 heterocycles. The van der Waals surface area contributed by atoms with Crippen LogP contribution in [0.25, 0.3) is 0 Å². The van der Waals surface area contributed by atoms with Crippen molar-refractivity contribution in [2.75, 3.05) is 0 Å². The fraction of sp³-hybridized carbons (Fsp3) is 0.650. The van der Waals surface area contributed by atoms with Gasteiger partial charge in [0.1, 0.15) is 0 Å². The maximum absolute atomic E-state index is 10.2. The lowest BCUT2D eigenvalue weighted by molar-refractivity contribution is -0.172. The Morgan fingerprint density at radius 3 is 2.04 bits per heavy atom. The lowest BCUT2D eigenvalue weighted by Crippen LogP contribution is -2.27. The Labute approximate surface area is 146 Å². The number of carbonyl (C=O) groups is 1. The fourth-order valence-electron chi connectivity index (χ4n) is 2.42. The zero-order chi connectivity index (χ0) is 18.1. The van der Waals surface area contributed by atoms with Crippen LogP contribution in [0.1, 0.15) is 77.6 Å². The van der Waals surface area contributed by atoms with E-state index in [9.17, 15) is 15.0 Å². The first-order chi connectivity index (χ1) is 11.5. The van der Waals surface area contributed by atoms with Crippen LogP contribution >= 0.6 is 0 Å². The van der Waals surface area contributed by atoms with Crippen LogP contribution in [0.2, 0.25) is 0 Å². The van der Waals surface area contributed by atoms with Crippen molar-refractivity contribution in [1.82, 2.24) is 0 Å². The topological polar surface area (TPSA) is 77.8 Å². The van der Waals surface area contributed by atoms with Crippen LogP contribution in [-0.4, -0.2) is 27.1 Å². The summed E-state index contributed by atoms with van der Waals surface area (Å²) < 4.78 is 0. The Morgan fingerprint density at radius 1 is 0.833 bits per heavy atom. The number of aliphatic carboxylic acids is 1. The molecular formula is C20H34O4. The summed E-state index contributed by atoms with van der Waals surface area (Å²) in [5.74, 6) is -2.43. The third kappa shape index (κ3) is 17.0. The van der Waals surface area contributed by atoms with Crippen molar-refractivity contribution in [2.45, 2.75) is 83.3 Å². The van der Waals surface area contributed by atoms with Gasteiger partial charge in [-0.3, -0.25) is 0 Å². The van der Waals surface area contributed by atoms with E-state index in [2.05, 4.69) is 13.0 Å². The minimum absolute atomic E-state index is 0.466. The largest absolute Gasteiger partial charge is 0.478 e. The highest BCUT2D eigenvalue weighted by Gasteiger charge is 2.21. The SMILES string of the molecule is CCCCCCC(O)(O)CCCCCC/C=C/C=C/C=C/C(=O)O. The van der Waals surface area contributed by atoms with E-state index >= 15 is 0 Å². The molecule has 0 unspecified atom stereocenters. The van der Waals surface area contributed by atoms with Crippen molar-refractivity contribution in [1.29, 1.82) is 0 Å². The molecule has 4 heteroatoms. The molecule has 0 aromatic rings. The molecule has 0 rings (SSSR count). The molecule has 3 N–H and O–H groups in total. The lowest BCUT2D eigenvalue weighted by atomic mass is 10.00. The number of aliphatic hydroxyl groups is 2. The first kappa shape index (κ1) is 22.6. The van der Waals surface area contributed by atoms with Gasteiger partial charge in [0.05, 0.1) is 0 Å². The highest BCUT2D eigenvalue weighted by molar-refractivity contribution is 5.80. The zero-order valence-corrected chi connectivity index (χ0v) is 15.0. The molecule has 0 radical (unpaired) electrons. The van der Waals surface area contributed by atoms with Gasteiger partial charge in [-0.05, 0) is 25.7 Å². The Balaban J connectivity index is 3.54. The normalized spacial score (nSPS) is 12.8. The van der Waals surface area contributed by atoms with Gasteiger partial charge < -0.3 is 15.3 Å². The van der Waals surface area contributed by atoms with Crippen LogP contribution in [-0.2, 0) is 4.79 Å². The van der Waals surface area contributed by atoms with Gasteiger partial charge in [0.2, 0.25) is 0 Å². The van der Waals surface area contributed by atoms with Crippen LogP contribution in [0.15, 0.2) is 36.5 Å². The summed E-state index contributed by atoms with van der Waals surface area (Å²) in [5.41, 5.74) is 0. The smallest absolute Gasteiger partial charge is 0.328 e. The molecule has 0 aliphatic heterocycles. The molecule has 0 aromatic heterocycles. The van der Waals surface area contributed by atoms with Gasteiger partial charge in [-0.2, -0.15) is 0 Å². The molecular weight excluding hydrogens is 304 g/mol. The van der Waals surface area contributed by atoms with E-state index < -0.39 is 11.8 Å². The summed E-state index contributed by atoms with van der Waals surface area (Å²) in [7, 11) is 0. The van der Waals surface area contributed by atoms with Gasteiger partial charge in [-0.15, -0.1) is 0 Å². The van der Waals surface area contributed by atoms with E-state index in [0.29, 0.717) is 12.8 Å². The second-order valence-electron chi connectivity index (χ2n) is 6.26. The van der Waals surface area contributed by atoms with Crippen LogP contribution in [0, 0.1) is 0 Å². The van der Waals surface area contributed by atoms with E-state index in [0.717, 1.165) is 63.9 Å². The van der Waals surface area contributed by atoms with E-state index in [1.54, 1.807) is 6.08 Å². The predicted octanol–water partition coefficient (Wildman–Crippen LogP) is 4.73. The van der Waals surface area contributed by atoms with E-state index in [1.807, 2.05) is 12.2 Å². The maximum Gasteiger partial charge on any atom is 0.328 e. The predicted molar refractivity (Wildman–Crippen MR) is 98.7 cm³/mol. The molecule has 0 amide bonds. The second kappa shape index (κ2) is 15.2. The zero-order valence-electron chi connectivity index (χ0n) is 15.0. The first-order valence-electron chi connectivity index (χ1n) is 9.15. The molecule has 24 heavy (non-hydrogen) atoms. The lowest BCUT2D eigenvalue weighted by Gasteiger charge is -2.21. The number of carboxylic acids is 1. The van der Waals surface area contributed by atoms with Gasteiger partial charge in [0, 0.05) is 18.9 Å². The Kier molecular flexibility index (Phi) is 14.3. The maximum atomic E-state index is 10.2. The molecule has 0 bridgehead atoms. The van der Waals surface area contributed by atoms with E-state index in [1.165, 1.54) is 6.08 Å². The minimum Gasteiger partial charge on any atom is -0.478 e. The average Bonchev–Trinajstić information content (AvgIpc) is 2.52. The Bertz CT molecular complexity index is 394. The number of allylic oxidation sites excluding steroid dienone is 5. The Morgan fingerprint density at radius 2 is 1.42 bits per heavy atom. The van der Waals surface area contributed by atoms with Gasteiger partial charge >= 0.3 is 5.97 Å². The highest BCUT2D eigenvalue weighted by atomic mass is 16.5. The van der Waals surface area contributed by atoms with Crippen molar-refractivity contribution in [3.8, 4) is 0 Å². The van der Waals surface area contributed by atoms with Crippen molar-refractivity contribution >= 4 is 5.97 Å². The number of rotatable bonds is 15. The molecule has 0 aliphatic rings. The third-order valence-electron chi connectivity index (χ3n) is 3.84. The molecule has 138 valence electrons. The average molecular weight is 338 g/mol. The summed E-state index contributed by atoms with van der Waals surface area (Å²) >= 11 is 0. The number of unbranched alkanes of at least 4 members (excludes halogenated alkanes) is 7. The van der Waals surface area contributed by atoms with Crippen LogP contribution in [0.5, 0.6) is 0 Å². The molecule has 0 atom stereocenters. The van der Waals surface area contributed by atoms with Crippen molar-refractivity contribution < 1.29 is 20.1 Å². The molecule has 0 aliphatic carbocycles. The van der Waals surface area contributed by atoms with Crippen LogP contribution < -0.4 is 0 Å². The van der Waals surface area contributed by atoms with E-state index in [-0.39, 0.29) is 0 Å². The molecule has 0 fully saturated rings. The summed E-state index contributed by atoms with van der Waals surface area (Å²) in [6.07, 6.45) is 20.3. The van der Waals surface area contributed by atoms with Gasteiger partial charge in [0.15, 0.2) is 5.79 Å². The van der Waals surface area contributed by atoms with Crippen LogP contribution in [0.4, 0.5) is 0 Å². The summed E-state index contributed by atoms with van der Waals surface area (Å²) in [6, 6.07) is 0. The molecule has 0 saturated carbocycles. The number of carboxylic acid groups (broad SMARTS) is 1. The van der Waals surface area contributed by atoms with Crippen LogP contribution in [0.3, 0.4) is 0 Å². The minimum atomic E-state index is -1.48. The molecule has 4 nitrogen and oxygen atoms in total. The standard InChI is InChI=1S/C20H34O4/c1-2-3-4-14-17-20(23,24)18-15-12-10-8-6-5-7-9-11-13-16-19(21)22/h5,7,9,11,13,16,23-24H,2-4,6,8,10,12,14-15,17-18H2,1H3,(H,21,22)/b7-5+,11-9+,16-13+. The summed E-state index contributed by atoms with van der Waals surface area (Å²) in [4.78, 5) is 10.2. The number of hydrogen-bond acceptors (Lipinski definition) is 3. The van der Waals surface area contributed by atoms with Gasteiger partial charge in [0.25, 0.3) is 0 Å². The van der Waals surface area contributed by atoms with Gasteiger partial charge in [-0.25, -0.2) is 4.79 Å². The molecule has 0 spiro atoms. The van der Waals surface area contributed by atoms with Crippen molar-refractivity contribution in [3.05, 3.63) is 36.5 Å². The Hall–Kier alpha value is -1.39. The fourth-order valence-corrected chi connectivity index (χ4v) is 2.42. The molecule has 0 saturated heterocycles. The van der Waals surface area contributed by atoms with E-state index in [4.69, 9.17) is 5.11 Å². The molecule has 0 aromatic carbocycles. The number of hydrogen-bond donors (Lipinski definition) is 3. The van der Waals surface area contributed by atoms with Gasteiger partial charge in [-0.1, -0.05) is 69.4 Å². The summed E-state index contributed by atoms with van der Waals surface area (Å²) in [5, 5.41) is 28.2. The summed E-state index contributed by atoms with van der Waals surface area (Å²) in [6.45, 7) is 2.15. The highest BCUT2D eigenvalue weighted by Crippen LogP contribution is 2.20. The van der Waals surface area contributed by atoms with Crippen molar-refractivity contribution in [2.24, 2.45) is 0 Å². The first-order valence-corrected chi connectivity index (χ1v) is 9.15. The monoisotopic (exact) mass is 338 g/mol. The third-order valence-corrected chi connectivity index (χ3v) is 3.84.